The number of hydrogen-bond acceptors (Lipinski definition) is 29. The van der Waals surface area contributed by atoms with Crippen LogP contribution in [0.3, 0.4) is 0 Å². The number of amides is 2. The van der Waals surface area contributed by atoms with Gasteiger partial charge in [0.2, 0.25) is 0 Å². The molecule has 0 radical (unpaired) electrons. The third-order valence-corrected chi connectivity index (χ3v) is 16.3. The molecule has 3 heterocycles. The number of carbonyl (C=O) groups is 6. The number of aromatic nitrogens is 4. The van der Waals surface area contributed by atoms with Gasteiger partial charge in [-0.25, -0.2) is 19.9 Å². The molecule has 1 fully saturated rings. The summed E-state index contributed by atoms with van der Waals surface area (Å²) in [4.78, 5) is 84.8. The summed E-state index contributed by atoms with van der Waals surface area (Å²) >= 11 is 12.4. The zero-order valence-corrected chi connectivity index (χ0v) is 72.9. The van der Waals surface area contributed by atoms with Crippen molar-refractivity contribution in [1.29, 1.82) is 5.41 Å². The molecule has 40 heteroatoms. The van der Waals surface area contributed by atoms with Gasteiger partial charge in [0.15, 0.2) is 56.1 Å². The fourth-order valence-corrected chi connectivity index (χ4v) is 9.84. The van der Waals surface area contributed by atoms with E-state index in [2.05, 4.69) is 107 Å². The van der Waals surface area contributed by atoms with Gasteiger partial charge in [-0.2, -0.15) is 0 Å². The van der Waals surface area contributed by atoms with E-state index < -0.39 is 29.7 Å². The van der Waals surface area contributed by atoms with Crippen molar-refractivity contribution in [2.24, 2.45) is 16.5 Å². The van der Waals surface area contributed by atoms with Gasteiger partial charge < -0.3 is 110 Å². The third-order valence-electron chi connectivity index (χ3n) is 15.2. The van der Waals surface area contributed by atoms with Crippen molar-refractivity contribution in [3.05, 3.63) is 141 Å². The number of hydrogen-bond donors (Lipinski definition) is 16. The van der Waals surface area contributed by atoms with Crippen LogP contribution in [-0.2, 0) is 54.3 Å². The zero-order chi connectivity index (χ0) is 83.2. The molecular weight excluding hydrogens is 1710 g/mol. The van der Waals surface area contributed by atoms with Gasteiger partial charge in [0.1, 0.15) is 49.4 Å². The van der Waals surface area contributed by atoms with Crippen LogP contribution in [0.5, 0.6) is 23.0 Å². The topological polar surface area (TPSA) is 565 Å². The number of aryl methyl sites for hydroxylation is 4. The molecule has 0 aliphatic carbocycles. The summed E-state index contributed by atoms with van der Waals surface area (Å²) in [6, 6.07) is 32.1. The number of anilines is 4. The summed E-state index contributed by atoms with van der Waals surface area (Å²) in [6.07, 6.45) is 19.7. The monoisotopic (exact) mass is 1820 g/mol. The second-order valence-corrected chi connectivity index (χ2v) is 26.1. The number of unbranched alkanes of at least 4 members (excludes halogenated alkanes) is 6. The molecular formula is C77H119Cl3ILiN18O16S. The van der Waals surface area contributed by atoms with E-state index in [4.69, 9.17) is 107 Å². The van der Waals surface area contributed by atoms with Gasteiger partial charge in [0, 0.05) is 45.9 Å². The fraction of sp³-hybridized carbons (Fsp3) is 0.481. The van der Waals surface area contributed by atoms with Gasteiger partial charge in [-0.15, -0.1) is 36.4 Å². The summed E-state index contributed by atoms with van der Waals surface area (Å²) in [6.45, 7) is 13.9. The van der Waals surface area contributed by atoms with Crippen LogP contribution in [0, 0.1) is 5.41 Å². The van der Waals surface area contributed by atoms with Gasteiger partial charge in [0.05, 0.1) is 32.8 Å². The van der Waals surface area contributed by atoms with Crippen molar-refractivity contribution >= 4 is 141 Å². The van der Waals surface area contributed by atoms with Crippen LogP contribution >= 0.6 is 71.3 Å². The number of carboxylic acids is 3. The van der Waals surface area contributed by atoms with E-state index in [1.165, 1.54) is 68.1 Å². The van der Waals surface area contributed by atoms with E-state index in [1.807, 2.05) is 60.7 Å². The van der Waals surface area contributed by atoms with Crippen LogP contribution in [0.1, 0.15) is 141 Å². The number of carbonyl (C=O) groups excluding carboxylic acids is 3. The average molecular weight is 1830 g/mol. The summed E-state index contributed by atoms with van der Waals surface area (Å²) in [7, 11) is 0. The smallest absolute Gasteiger partial charge is 0.870 e. The normalized spacial score (nSPS) is 10.8. The molecule has 0 saturated carbocycles. The van der Waals surface area contributed by atoms with Gasteiger partial charge in [0.25, 0.3) is 11.8 Å². The Bertz CT molecular complexity index is 3650. The molecule has 2 aromatic heterocycles. The van der Waals surface area contributed by atoms with Crippen LogP contribution in [0.2, 0.25) is 10.3 Å². The van der Waals surface area contributed by atoms with Crippen LogP contribution in [0.15, 0.2) is 102 Å². The molecule has 0 atom stereocenters. The molecule has 7 rings (SSSR count). The Labute approximate surface area is 735 Å². The summed E-state index contributed by atoms with van der Waals surface area (Å²) < 4.78 is 31.9. The first-order chi connectivity index (χ1) is 54.4. The Kier molecular flexibility index (Phi) is 69.2. The van der Waals surface area contributed by atoms with Crippen LogP contribution in [-0.4, -0.2) is 206 Å². The maximum atomic E-state index is 12.2. The molecule has 0 unspecified atom stereocenters. The number of guanidine groups is 1. The second kappa shape index (κ2) is 71.7. The molecule has 0 bridgehead atoms. The minimum Gasteiger partial charge on any atom is -0.870 e. The van der Waals surface area contributed by atoms with Crippen LogP contribution < -0.4 is 104 Å². The predicted molar refractivity (Wildman–Crippen MR) is 469 cm³/mol. The van der Waals surface area contributed by atoms with Crippen LogP contribution in [0.4, 0.5) is 23.3 Å². The summed E-state index contributed by atoms with van der Waals surface area (Å²) in [5, 5.41) is 48.4. The maximum Gasteiger partial charge on any atom is 1.00 e. The number of benzene rings is 4. The number of esters is 1. The molecule has 23 N–H and O–H groups in total. The van der Waals surface area contributed by atoms with Gasteiger partial charge in [-0.05, 0) is 168 Å². The van der Waals surface area contributed by atoms with E-state index in [0.29, 0.717) is 65.8 Å². The van der Waals surface area contributed by atoms with E-state index in [0.717, 1.165) is 111 Å². The number of rotatable bonds is 44. The Morgan fingerprint density at radius 1 is 0.513 bits per heavy atom. The first kappa shape index (κ1) is 113. The number of nitrogens with zero attached hydrogens (tertiary/aromatic N) is 5. The number of nitrogen functional groups attached to an aromatic ring is 4. The Morgan fingerprint density at radius 3 is 1.14 bits per heavy atom. The Balaban J connectivity index is -0.00000138. The quantitative estimate of drug-likeness (QED) is 0.00533. The van der Waals surface area contributed by atoms with Crippen molar-refractivity contribution in [1.82, 2.24) is 51.8 Å². The van der Waals surface area contributed by atoms with Crippen LogP contribution in [0.25, 0.3) is 0 Å². The summed E-state index contributed by atoms with van der Waals surface area (Å²) in [5.74, 6) is -1.41. The molecule has 4 aromatic carbocycles. The SMILES string of the molecule is C1CCOC1.CCCCCc1ccc(OCCNCC(=O)O)cc1.CCCCCc1ccc(OCCNCC(=O)OCC)cc1.CSC(=N)NC(=O)c1nc(Cl)c(N)nc1N.Cl.I.NC(=NCCCCc1ccc(OCCNCC(=O)O)cc1)NC(=O)c1nc(Cl)c(N)nc1N.NCCCCc1ccc(OCCNCC(=O)O)cc1.[Li+].[OH-]. The fourth-order valence-electron chi connectivity index (χ4n) is 9.39. The number of nitrogens with two attached hydrogens (primary N) is 6. The van der Waals surface area contributed by atoms with Gasteiger partial charge in [-0.3, -0.25) is 44.5 Å². The zero-order valence-electron chi connectivity index (χ0n) is 67.4. The van der Waals surface area contributed by atoms with E-state index in [-0.39, 0.29) is 149 Å². The maximum absolute atomic E-state index is 12.2. The number of aliphatic imine (C=N–C) groups is 1. The second-order valence-electron chi connectivity index (χ2n) is 24.6. The standard InChI is InChI=1S/C20H27ClN8O4.C17H27NO3.C15H23NO3.C14H22N2O3.C7H9ClN6OS.C4H8O.ClH.HI.Li.H2O/c21-16-18(23)28-17(22)15(27-16)19(32)29-20(24)26-8-2-1-3-12-4-6-13(7-5-12)33-10-9-25-11-14(30)31;1-3-5-6-7-15-8-10-16(11-9-15)21-13-12-18-14-17(19)20-4-2;1-2-3-4-5-13-6-8-14(9-7-13)19-11-10-16-12-15(17)18;15-8-2-1-3-12-4-6-13(7-5-12)19-10-9-16-11-14(17)18;1-16-7(11)14-6(15)2-4(9)13-5(10)3(8)12-2;1-2-4-5-3-1;;;;/h4-7,25H,1-3,8-11H2,(H,30,31)(H4,22,23,28)(H3,24,26,29,32);8-11,18H,3-7,12-14H2,1-2H3;6-9,16H,2-5,10-12H2,1H3,(H,17,18);4-7,16H,1-3,8-11,15H2,(H,17,18);1H3,(H4,9,10,13)(H2,11,14,15);1-4H2;2*1H;;1H2/q;;;;;;;;+1;/p-1. The molecule has 1 saturated heterocycles. The Morgan fingerprint density at radius 2 is 0.838 bits per heavy atom. The number of carboxylic acid groups (broad SMARTS) is 3. The average Bonchev–Trinajstić information content (AvgIpc) is 1.15. The van der Waals surface area contributed by atoms with E-state index in [1.54, 1.807) is 13.2 Å². The van der Waals surface area contributed by atoms with Crippen molar-refractivity contribution in [2.45, 2.75) is 124 Å². The van der Waals surface area contributed by atoms with E-state index in [9.17, 15) is 28.8 Å². The third kappa shape index (κ3) is 57.4. The largest absolute Gasteiger partial charge is 1.00 e. The molecule has 1 aliphatic rings. The summed E-state index contributed by atoms with van der Waals surface area (Å²) in [5.41, 5.74) is 37.9. The number of thioether (sulfide) groups is 1. The number of aliphatic carboxylic acids is 3. The van der Waals surface area contributed by atoms with Gasteiger partial charge >= 0.3 is 42.7 Å². The minimum atomic E-state index is -0.902. The number of halogens is 4. The molecule has 34 nitrogen and oxygen atoms in total. The first-order valence-electron chi connectivity index (χ1n) is 37.4. The molecule has 117 heavy (non-hydrogen) atoms. The van der Waals surface area contributed by atoms with Crippen molar-refractivity contribution in [3.63, 3.8) is 0 Å². The minimum absolute atomic E-state index is 0. The first-order valence-corrected chi connectivity index (χ1v) is 39.4. The number of nitrogens with one attached hydrogen (secondary N) is 7. The van der Waals surface area contributed by atoms with Gasteiger partial charge in [-0.1, -0.05) is 123 Å². The van der Waals surface area contributed by atoms with Crippen molar-refractivity contribution in [3.8, 4) is 23.0 Å². The molecule has 6 aromatic rings. The molecule has 2 amide bonds. The Hall–Kier alpha value is -8.33. The number of ether oxygens (including phenoxy) is 6. The van der Waals surface area contributed by atoms with E-state index >= 15 is 0 Å². The number of amidine groups is 1. The molecule has 0 spiro atoms. The molecule has 1 aliphatic heterocycles. The molecule has 648 valence electrons. The predicted octanol–water partition coefficient (Wildman–Crippen LogP) is 5.84. The van der Waals surface area contributed by atoms with Crippen molar-refractivity contribution < 1.29 is 96.8 Å². The van der Waals surface area contributed by atoms with Crippen molar-refractivity contribution in [2.75, 3.05) is 141 Å².